The Bertz CT molecular complexity index is 448. The number of hydrogen-bond donors (Lipinski definition) is 2. The molecule has 0 radical (unpaired) electrons. The lowest BCUT2D eigenvalue weighted by Crippen LogP contribution is -1.99. The Morgan fingerprint density at radius 2 is 2.38 bits per heavy atom. The summed E-state index contributed by atoms with van der Waals surface area (Å²) in [6.45, 7) is 0. The molecule has 0 aliphatic heterocycles. The van der Waals surface area contributed by atoms with Crippen LogP contribution >= 0.6 is 0 Å². The van der Waals surface area contributed by atoms with E-state index < -0.39 is 0 Å². The zero-order valence-corrected chi connectivity index (χ0v) is 6.77. The van der Waals surface area contributed by atoms with E-state index in [1.807, 2.05) is 18.2 Å². The van der Waals surface area contributed by atoms with Crippen LogP contribution in [0.4, 0.5) is 11.6 Å². The van der Waals surface area contributed by atoms with Crippen molar-refractivity contribution in [2.24, 2.45) is 0 Å². The summed E-state index contributed by atoms with van der Waals surface area (Å²) in [4.78, 5) is 14.3. The van der Waals surface area contributed by atoms with E-state index in [4.69, 9.17) is 5.73 Å². The molecule has 0 saturated carbocycles. The van der Waals surface area contributed by atoms with Gasteiger partial charge in [-0.05, 0) is 12.1 Å². The second kappa shape index (κ2) is 2.78. The number of anilines is 2. The molecule has 0 aliphatic carbocycles. The summed E-state index contributed by atoms with van der Waals surface area (Å²) in [7, 11) is 0. The van der Waals surface area contributed by atoms with Gasteiger partial charge in [0.1, 0.15) is 5.65 Å². The number of amides is 1. The fourth-order valence-electron chi connectivity index (χ4n) is 1.18. The van der Waals surface area contributed by atoms with Crippen molar-refractivity contribution in [2.75, 3.05) is 11.1 Å². The lowest BCUT2D eigenvalue weighted by Gasteiger charge is -1.94. The maximum absolute atomic E-state index is 10.2. The molecule has 2 aromatic heterocycles. The summed E-state index contributed by atoms with van der Waals surface area (Å²) in [5.41, 5.74) is 6.42. The second-order valence-corrected chi connectivity index (χ2v) is 2.54. The van der Waals surface area contributed by atoms with Crippen molar-refractivity contribution in [3.05, 3.63) is 24.4 Å². The predicted octanol–water partition coefficient (Wildman–Crippen LogP) is 0.485. The molecule has 0 bridgehead atoms. The summed E-state index contributed by atoms with van der Waals surface area (Å²) in [5.74, 6) is 0.823. The molecule has 2 heterocycles. The standard InChI is InChI=1S/C8H8N4O/c9-7-8(10-5-13)11-6-3-1-2-4-12(6)7/h1-5H,9H2,(H,10,13). The minimum absolute atomic E-state index is 0.390. The van der Waals surface area contributed by atoms with Crippen molar-refractivity contribution in [2.45, 2.75) is 0 Å². The summed E-state index contributed by atoms with van der Waals surface area (Å²) in [6, 6.07) is 5.51. The number of carbonyl (C=O) groups is 1. The highest BCUT2D eigenvalue weighted by Crippen LogP contribution is 2.18. The summed E-state index contributed by atoms with van der Waals surface area (Å²) >= 11 is 0. The fraction of sp³-hybridized carbons (Fsp3) is 0. The Balaban J connectivity index is 2.66. The first-order valence-corrected chi connectivity index (χ1v) is 3.75. The van der Waals surface area contributed by atoms with Gasteiger partial charge in [-0.1, -0.05) is 6.07 Å². The first-order valence-electron chi connectivity index (χ1n) is 3.75. The molecule has 5 nitrogen and oxygen atoms in total. The van der Waals surface area contributed by atoms with Crippen LogP contribution in [-0.2, 0) is 4.79 Å². The Labute approximate surface area is 74.2 Å². The monoisotopic (exact) mass is 176 g/mol. The van der Waals surface area contributed by atoms with E-state index >= 15 is 0 Å². The molecule has 2 rings (SSSR count). The van der Waals surface area contributed by atoms with E-state index in [-0.39, 0.29) is 0 Å². The molecule has 0 aliphatic rings. The third-order valence-electron chi connectivity index (χ3n) is 1.76. The second-order valence-electron chi connectivity index (χ2n) is 2.54. The van der Waals surface area contributed by atoms with E-state index in [0.29, 0.717) is 23.7 Å². The number of imidazole rings is 1. The van der Waals surface area contributed by atoms with Gasteiger partial charge in [0.15, 0.2) is 11.6 Å². The van der Waals surface area contributed by atoms with E-state index in [9.17, 15) is 4.79 Å². The molecule has 5 heteroatoms. The van der Waals surface area contributed by atoms with Crippen molar-refractivity contribution in [3.8, 4) is 0 Å². The van der Waals surface area contributed by atoms with Gasteiger partial charge >= 0.3 is 0 Å². The van der Waals surface area contributed by atoms with Gasteiger partial charge in [-0.15, -0.1) is 0 Å². The Hall–Kier alpha value is -2.04. The molecule has 0 aromatic carbocycles. The Kier molecular flexibility index (Phi) is 1.63. The van der Waals surface area contributed by atoms with Crippen LogP contribution in [0.5, 0.6) is 0 Å². The maximum atomic E-state index is 10.2. The molecular weight excluding hydrogens is 168 g/mol. The highest BCUT2D eigenvalue weighted by molar-refractivity contribution is 5.78. The number of pyridine rings is 1. The van der Waals surface area contributed by atoms with Crippen molar-refractivity contribution < 1.29 is 4.79 Å². The summed E-state index contributed by atoms with van der Waals surface area (Å²) in [6.07, 6.45) is 2.34. The largest absolute Gasteiger partial charge is 0.382 e. The first kappa shape index (κ1) is 7.60. The van der Waals surface area contributed by atoms with E-state index in [1.54, 1.807) is 10.6 Å². The van der Waals surface area contributed by atoms with Gasteiger partial charge in [-0.2, -0.15) is 0 Å². The number of nitrogens with two attached hydrogens (primary N) is 1. The number of nitrogen functional groups attached to an aromatic ring is 1. The zero-order chi connectivity index (χ0) is 9.26. The minimum Gasteiger partial charge on any atom is -0.382 e. The van der Waals surface area contributed by atoms with Crippen LogP contribution in [0, 0.1) is 0 Å². The van der Waals surface area contributed by atoms with Crippen LogP contribution in [-0.4, -0.2) is 15.8 Å². The number of nitrogens with one attached hydrogen (secondary N) is 1. The zero-order valence-electron chi connectivity index (χ0n) is 6.77. The summed E-state index contributed by atoms with van der Waals surface area (Å²) < 4.78 is 1.70. The molecule has 13 heavy (non-hydrogen) atoms. The van der Waals surface area contributed by atoms with Crippen molar-refractivity contribution in [1.82, 2.24) is 9.38 Å². The lowest BCUT2D eigenvalue weighted by atomic mass is 10.5. The number of nitrogens with zero attached hydrogens (tertiary/aromatic N) is 2. The maximum Gasteiger partial charge on any atom is 0.212 e. The molecule has 0 fully saturated rings. The van der Waals surface area contributed by atoms with Gasteiger partial charge in [-0.25, -0.2) is 4.98 Å². The van der Waals surface area contributed by atoms with Crippen LogP contribution in [0.25, 0.3) is 5.65 Å². The van der Waals surface area contributed by atoms with Crippen molar-refractivity contribution in [1.29, 1.82) is 0 Å². The predicted molar refractivity (Wildman–Crippen MR) is 49.3 cm³/mol. The van der Waals surface area contributed by atoms with E-state index in [2.05, 4.69) is 10.3 Å². The smallest absolute Gasteiger partial charge is 0.212 e. The molecule has 2 aromatic rings. The molecule has 0 saturated heterocycles. The molecule has 3 N–H and O–H groups in total. The van der Waals surface area contributed by atoms with Crippen LogP contribution < -0.4 is 11.1 Å². The highest BCUT2D eigenvalue weighted by atomic mass is 16.1. The Morgan fingerprint density at radius 1 is 1.54 bits per heavy atom. The van der Waals surface area contributed by atoms with E-state index in [1.165, 1.54) is 0 Å². The molecule has 66 valence electrons. The van der Waals surface area contributed by atoms with Crippen molar-refractivity contribution >= 4 is 23.7 Å². The van der Waals surface area contributed by atoms with Crippen LogP contribution in [0.3, 0.4) is 0 Å². The van der Waals surface area contributed by atoms with Gasteiger partial charge in [0.2, 0.25) is 6.41 Å². The molecule has 0 spiro atoms. The number of aromatic nitrogens is 2. The summed E-state index contributed by atoms with van der Waals surface area (Å²) in [5, 5.41) is 2.43. The van der Waals surface area contributed by atoms with Crippen LogP contribution in [0.15, 0.2) is 24.4 Å². The third-order valence-corrected chi connectivity index (χ3v) is 1.76. The number of fused-ring (bicyclic) bond motifs is 1. The van der Waals surface area contributed by atoms with Gasteiger partial charge in [0, 0.05) is 6.20 Å². The van der Waals surface area contributed by atoms with E-state index in [0.717, 1.165) is 0 Å². The number of hydrogen-bond acceptors (Lipinski definition) is 3. The Morgan fingerprint density at radius 3 is 3.08 bits per heavy atom. The van der Waals surface area contributed by atoms with Crippen LogP contribution in [0.1, 0.15) is 0 Å². The fourth-order valence-corrected chi connectivity index (χ4v) is 1.18. The molecule has 0 atom stereocenters. The number of rotatable bonds is 2. The SMILES string of the molecule is Nc1c(NC=O)nc2ccccn12. The average molecular weight is 176 g/mol. The minimum atomic E-state index is 0.390. The average Bonchev–Trinajstić information content (AvgIpc) is 2.46. The van der Waals surface area contributed by atoms with Gasteiger partial charge in [0.25, 0.3) is 0 Å². The lowest BCUT2D eigenvalue weighted by molar-refractivity contribution is -0.105. The highest BCUT2D eigenvalue weighted by Gasteiger charge is 2.06. The van der Waals surface area contributed by atoms with Gasteiger partial charge in [-0.3, -0.25) is 9.20 Å². The first-order chi connectivity index (χ1) is 6.33. The van der Waals surface area contributed by atoms with Gasteiger partial charge in [0.05, 0.1) is 0 Å². The molecular formula is C8H8N4O. The molecule has 0 unspecified atom stereocenters. The quantitative estimate of drug-likeness (QED) is 0.654. The normalized spacial score (nSPS) is 10.2. The van der Waals surface area contributed by atoms with Gasteiger partial charge < -0.3 is 11.1 Å². The topological polar surface area (TPSA) is 72.4 Å². The molecule has 1 amide bonds. The van der Waals surface area contributed by atoms with Crippen molar-refractivity contribution in [3.63, 3.8) is 0 Å². The number of carbonyl (C=O) groups excluding carboxylic acids is 1. The third kappa shape index (κ3) is 1.10. The van der Waals surface area contributed by atoms with Crippen LogP contribution in [0.2, 0.25) is 0 Å².